The van der Waals surface area contributed by atoms with Crippen LogP contribution in [0, 0.1) is 5.92 Å². The predicted octanol–water partition coefficient (Wildman–Crippen LogP) is 4.23. The lowest BCUT2D eigenvalue weighted by molar-refractivity contribution is 0.100. The average Bonchev–Trinajstić information content (AvgIpc) is 3.30. The monoisotopic (exact) mass is 420 g/mol. The van der Waals surface area contributed by atoms with E-state index in [2.05, 4.69) is 11.9 Å². The topological polar surface area (TPSA) is 80.5 Å². The molecule has 6 nitrogen and oxygen atoms in total. The molecule has 0 N–H and O–H groups in total. The first kappa shape index (κ1) is 18.8. The number of furan rings is 1. The van der Waals surface area contributed by atoms with E-state index >= 15 is 0 Å². The first-order valence-electron chi connectivity index (χ1n) is 9.82. The molecule has 2 aromatic heterocycles. The number of hydrogen-bond acceptors (Lipinski definition) is 5. The molecule has 2 aliphatic rings. The number of carbonyl (C=O) groups is 1. The van der Waals surface area contributed by atoms with Crippen LogP contribution in [0.5, 0.6) is 0 Å². The zero-order valence-corrected chi connectivity index (χ0v) is 17.2. The van der Waals surface area contributed by atoms with E-state index in [0.717, 1.165) is 16.5 Å². The van der Waals surface area contributed by atoms with E-state index in [4.69, 9.17) is 4.42 Å². The third-order valence-corrected chi connectivity index (χ3v) is 7.47. The zero-order valence-electron chi connectivity index (χ0n) is 16.4. The molecule has 30 heavy (non-hydrogen) atoms. The van der Waals surface area contributed by atoms with E-state index < -0.39 is 10.0 Å². The van der Waals surface area contributed by atoms with Crippen molar-refractivity contribution in [1.82, 2.24) is 9.29 Å². The second-order valence-electron chi connectivity index (χ2n) is 7.79. The van der Waals surface area contributed by atoms with E-state index in [-0.39, 0.29) is 28.5 Å². The summed E-state index contributed by atoms with van der Waals surface area (Å²) in [5.74, 6) is 1.98. The van der Waals surface area contributed by atoms with Gasteiger partial charge in [0, 0.05) is 30.0 Å². The maximum absolute atomic E-state index is 13.4. The molecule has 1 aliphatic carbocycles. The summed E-state index contributed by atoms with van der Waals surface area (Å²) in [7, 11) is -3.91. The van der Waals surface area contributed by atoms with Crippen LogP contribution in [0.1, 0.15) is 46.7 Å². The fourth-order valence-electron chi connectivity index (χ4n) is 3.84. The average molecular weight is 420 g/mol. The van der Waals surface area contributed by atoms with Crippen molar-refractivity contribution in [2.75, 3.05) is 0 Å². The molecule has 3 aromatic rings. The van der Waals surface area contributed by atoms with Gasteiger partial charge in [-0.05, 0) is 48.2 Å². The summed E-state index contributed by atoms with van der Waals surface area (Å²) in [5.41, 5.74) is 0.933. The normalized spacial score (nSPS) is 23.4. The highest BCUT2D eigenvalue weighted by Gasteiger charge is 2.40. The zero-order chi connectivity index (χ0) is 20.9. The Bertz CT molecular complexity index is 1260. The van der Waals surface area contributed by atoms with Crippen molar-refractivity contribution in [2.24, 2.45) is 5.92 Å². The number of rotatable bonds is 4. The number of aromatic nitrogens is 1. The first-order chi connectivity index (χ1) is 14.4. The number of sulfonamides is 1. The highest BCUT2D eigenvalue weighted by atomic mass is 32.2. The molecule has 1 saturated carbocycles. The van der Waals surface area contributed by atoms with Crippen LogP contribution in [-0.2, 0) is 16.6 Å². The number of nitrogens with zero attached hydrogens (tertiary/aromatic N) is 2. The van der Waals surface area contributed by atoms with Gasteiger partial charge in [0.25, 0.3) is 10.0 Å². The highest BCUT2D eigenvalue weighted by molar-refractivity contribution is 7.89. The Morgan fingerprint density at radius 1 is 1.17 bits per heavy atom. The number of hydrogen-bond donors (Lipinski definition) is 0. The van der Waals surface area contributed by atoms with Gasteiger partial charge < -0.3 is 4.42 Å². The minimum atomic E-state index is -3.91. The van der Waals surface area contributed by atoms with Crippen LogP contribution in [0.15, 0.2) is 75.9 Å². The van der Waals surface area contributed by atoms with E-state index in [1.807, 2.05) is 6.07 Å². The van der Waals surface area contributed by atoms with Crippen LogP contribution in [0.4, 0.5) is 0 Å². The number of Topliss-reactive ketones (excluding diaryl/α,β-unsaturated/α-hetero) is 1. The van der Waals surface area contributed by atoms with Gasteiger partial charge >= 0.3 is 0 Å². The molecule has 1 fully saturated rings. The second kappa shape index (κ2) is 6.95. The van der Waals surface area contributed by atoms with Crippen molar-refractivity contribution in [3.63, 3.8) is 0 Å². The number of ketones is 1. The third-order valence-electron chi connectivity index (χ3n) is 5.65. The van der Waals surface area contributed by atoms with Crippen molar-refractivity contribution in [3.8, 4) is 0 Å². The quantitative estimate of drug-likeness (QED) is 0.590. The van der Waals surface area contributed by atoms with Crippen molar-refractivity contribution >= 4 is 21.9 Å². The SMILES string of the molecule is C[C@H]1C[C@H]1c1ccc(/C=C2\C(=O)c3ccccc3S(=O)(=O)N2Cc2cccnc2)o1. The smallest absolute Gasteiger partial charge is 0.265 e. The number of allylic oxidation sites excluding steroid dienone is 1. The molecular formula is C23H20N2O4S. The molecule has 5 rings (SSSR count). The van der Waals surface area contributed by atoms with E-state index in [1.54, 1.807) is 48.8 Å². The molecule has 2 atom stereocenters. The van der Waals surface area contributed by atoms with Crippen molar-refractivity contribution in [3.05, 3.63) is 89.3 Å². The maximum atomic E-state index is 13.4. The van der Waals surface area contributed by atoms with Crippen LogP contribution in [-0.4, -0.2) is 23.5 Å². The lowest BCUT2D eigenvalue weighted by Gasteiger charge is -2.31. The van der Waals surface area contributed by atoms with Gasteiger partial charge in [0.2, 0.25) is 5.78 Å². The van der Waals surface area contributed by atoms with Gasteiger partial charge in [0.05, 0.1) is 11.4 Å². The molecule has 0 saturated heterocycles. The third kappa shape index (κ3) is 3.15. The van der Waals surface area contributed by atoms with Gasteiger partial charge in [0.15, 0.2) is 0 Å². The molecule has 0 bridgehead atoms. The van der Waals surface area contributed by atoms with E-state index in [1.165, 1.54) is 12.1 Å². The van der Waals surface area contributed by atoms with Gasteiger partial charge in [-0.1, -0.05) is 25.1 Å². The minimum Gasteiger partial charge on any atom is -0.461 e. The van der Waals surface area contributed by atoms with Crippen LogP contribution < -0.4 is 0 Å². The Morgan fingerprint density at radius 3 is 2.70 bits per heavy atom. The second-order valence-corrected chi connectivity index (χ2v) is 9.62. The fraction of sp³-hybridized carbons (Fsp3) is 0.217. The Morgan fingerprint density at radius 2 is 1.97 bits per heavy atom. The highest BCUT2D eigenvalue weighted by Crippen LogP contribution is 2.47. The summed E-state index contributed by atoms with van der Waals surface area (Å²) in [6.45, 7) is 2.17. The van der Waals surface area contributed by atoms with Crippen molar-refractivity contribution in [1.29, 1.82) is 0 Å². The molecule has 0 unspecified atom stereocenters. The van der Waals surface area contributed by atoms with E-state index in [9.17, 15) is 13.2 Å². The lowest BCUT2D eigenvalue weighted by atomic mass is 10.1. The summed E-state index contributed by atoms with van der Waals surface area (Å²) < 4.78 is 33.9. The summed E-state index contributed by atoms with van der Waals surface area (Å²) in [4.78, 5) is 17.4. The molecular weight excluding hydrogens is 400 g/mol. The summed E-state index contributed by atoms with van der Waals surface area (Å²) in [6.07, 6.45) is 5.83. The van der Waals surface area contributed by atoms with Gasteiger partial charge in [-0.15, -0.1) is 0 Å². The Labute approximate surface area is 174 Å². The largest absolute Gasteiger partial charge is 0.461 e. The molecule has 1 aromatic carbocycles. The molecule has 3 heterocycles. The van der Waals surface area contributed by atoms with Gasteiger partial charge in [0.1, 0.15) is 17.2 Å². The standard InChI is InChI=1S/C23H20N2O4S/c1-15-11-19(15)21-9-8-17(29-21)12-20-23(26)18-6-2-3-7-22(18)30(27,28)25(20)14-16-5-4-10-24-13-16/h2-10,12-13,15,19H,11,14H2,1H3/b20-12+/t15-,19+/m0/s1. The van der Waals surface area contributed by atoms with Gasteiger partial charge in [-0.25, -0.2) is 8.42 Å². The summed E-state index contributed by atoms with van der Waals surface area (Å²) in [5, 5.41) is 0. The first-order valence-corrected chi connectivity index (χ1v) is 11.3. The van der Waals surface area contributed by atoms with Crippen LogP contribution in [0.2, 0.25) is 0 Å². The number of benzene rings is 1. The van der Waals surface area contributed by atoms with Gasteiger partial charge in [-0.3, -0.25) is 14.1 Å². The fourth-order valence-corrected chi connectivity index (χ4v) is 5.48. The number of pyridine rings is 1. The van der Waals surface area contributed by atoms with E-state index in [0.29, 0.717) is 23.2 Å². The minimum absolute atomic E-state index is 0.00923. The van der Waals surface area contributed by atoms with Crippen LogP contribution >= 0.6 is 0 Å². The lowest BCUT2D eigenvalue weighted by Crippen LogP contribution is -2.38. The predicted molar refractivity (Wildman–Crippen MR) is 111 cm³/mol. The Hall–Kier alpha value is -3.19. The number of carbonyl (C=O) groups excluding carboxylic acids is 1. The molecule has 0 radical (unpaired) electrons. The summed E-state index contributed by atoms with van der Waals surface area (Å²) >= 11 is 0. The Kier molecular flexibility index (Phi) is 4.36. The van der Waals surface area contributed by atoms with Crippen LogP contribution in [0.25, 0.3) is 6.08 Å². The van der Waals surface area contributed by atoms with Crippen molar-refractivity contribution < 1.29 is 17.6 Å². The Balaban J connectivity index is 1.62. The van der Waals surface area contributed by atoms with Crippen molar-refractivity contribution in [2.45, 2.75) is 30.7 Å². The molecule has 1 aliphatic heterocycles. The van der Waals surface area contributed by atoms with Gasteiger partial charge in [-0.2, -0.15) is 0 Å². The molecule has 152 valence electrons. The van der Waals surface area contributed by atoms with Crippen LogP contribution in [0.3, 0.4) is 0 Å². The molecule has 7 heteroatoms. The maximum Gasteiger partial charge on any atom is 0.265 e. The molecule has 0 amide bonds. The number of fused-ring (bicyclic) bond motifs is 1. The molecule has 0 spiro atoms. The summed E-state index contributed by atoms with van der Waals surface area (Å²) in [6, 6.07) is 13.5.